The monoisotopic (exact) mass is 336 g/mol. The quantitative estimate of drug-likeness (QED) is 0.829. The van der Waals surface area contributed by atoms with Crippen LogP contribution < -0.4 is 10.6 Å². The molecule has 2 N–H and O–H groups in total. The third-order valence-corrected chi connectivity index (χ3v) is 3.10. The molecule has 0 heterocycles. The number of ether oxygens (including phenoxy) is 1. The van der Waals surface area contributed by atoms with E-state index in [4.69, 9.17) is 4.74 Å². The number of nitrogens with one attached hydrogen (secondary N) is 2. The van der Waals surface area contributed by atoms with E-state index < -0.39 is 11.7 Å². The lowest BCUT2D eigenvalue weighted by molar-refractivity contribution is -0.120. The van der Waals surface area contributed by atoms with Crippen LogP contribution in [0.15, 0.2) is 30.3 Å². The van der Waals surface area contributed by atoms with Crippen molar-refractivity contribution < 1.29 is 14.3 Å². The van der Waals surface area contributed by atoms with Crippen molar-refractivity contribution in [2.24, 2.45) is 0 Å². The highest BCUT2D eigenvalue weighted by atomic mass is 16.6. The van der Waals surface area contributed by atoms with Crippen molar-refractivity contribution in [1.29, 1.82) is 0 Å². The Morgan fingerprint density at radius 3 is 2.17 bits per heavy atom. The Morgan fingerprint density at radius 1 is 1.08 bits per heavy atom. The summed E-state index contributed by atoms with van der Waals surface area (Å²) in [5, 5.41) is 5.29. The molecule has 1 unspecified atom stereocenters. The number of carbonyl (C=O) groups excluding carboxylic acids is 2. The Labute approximate surface area is 146 Å². The van der Waals surface area contributed by atoms with E-state index in [1.165, 1.54) is 5.56 Å². The first kappa shape index (κ1) is 22.0. The molecule has 0 aromatic heterocycles. The van der Waals surface area contributed by atoms with E-state index in [1.807, 2.05) is 32.0 Å². The first-order valence-electron chi connectivity index (χ1n) is 8.60. The molecule has 0 aliphatic carbocycles. The number of carbonyl (C=O) groups is 2. The normalized spacial score (nSPS) is 11.6. The van der Waals surface area contributed by atoms with Crippen LogP contribution in [0.2, 0.25) is 0 Å². The molecule has 0 bridgehead atoms. The maximum Gasteiger partial charge on any atom is 0.408 e. The van der Waals surface area contributed by atoms with Gasteiger partial charge in [0.25, 0.3) is 0 Å². The third kappa shape index (κ3) is 9.87. The van der Waals surface area contributed by atoms with E-state index in [9.17, 15) is 9.59 Å². The highest BCUT2D eigenvalue weighted by Crippen LogP contribution is 2.17. The van der Waals surface area contributed by atoms with Crippen LogP contribution in [0.1, 0.15) is 59.4 Å². The fraction of sp³-hybridized carbons (Fsp3) is 0.579. The van der Waals surface area contributed by atoms with Crippen LogP contribution >= 0.6 is 0 Å². The molecule has 0 saturated heterocycles. The van der Waals surface area contributed by atoms with Crippen molar-refractivity contribution in [2.45, 2.75) is 59.5 Å². The Morgan fingerprint density at radius 2 is 1.67 bits per heavy atom. The molecule has 136 valence electrons. The Balaban J connectivity index is 0.00000254. The fourth-order valence-electron chi connectivity index (χ4n) is 1.99. The summed E-state index contributed by atoms with van der Waals surface area (Å²) in [7, 11) is 0. The molecule has 0 aliphatic heterocycles. The lowest BCUT2D eigenvalue weighted by Gasteiger charge is -2.20. The van der Waals surface area contributed by atoms with Gasteiger partial charge in [-0.2, -0.15) is 0 Å². The second kappa shape index (κ2) is 11.5. The molecular formula is C19H32N2O3. The average molecular weight is 336 g/mol. The Bertz CT molecular complexity index is 481. The van der Waals surface area contributed by atoms with Gasteiger partial charge in [-0.1, -0.05) is 51.1 Å². The Kier molecular flexibility index (Phi) is 10.5. The van der Waals surface area contributed by atoms with E-state index in [0.29, 0.717) is 6.54 Å². The van der Waals surface area contributed by atoms with Crippen molar-refractivity contribution in [2.75, 3.05) is 13.1 Å². The summed E-state index contributed by atoms with van der Waals surface area (Å²) in [6.07, 6.45) is 0.349. The number of hydrogen-bond acceptors (Lipinski definition) is 3. The van der Waals surface area contributed by atoms with E-state index in [2.05, 4.69) is 29.7 Å². The minimum Gasteiger partial charge on any atom is -0.444 e. The van der Waals surface area contributed by atoms with Gasteiger partial charge in [-0.3, -0.25) is 4.79 Å². The van der Waals surface area contributed by atoms with Crippen LogP contribution in [0.25, 0.3) is 0 Å². The second-order valence-electron chi connectivity index (χ2n) is 6.18. The van der Waals surface area contributed by atoms with Crippen LogP contribution in [0.4, 0.5) is 4.79 Å². The molecule has 0 saturated carbocycles. The molecule has 1 aromatic rings. The molecule has 2 amide bonds. The smallest absolute Gasteiger partial charge is 0.408 e. The van der Waals surface area contributed by atoms with Crippen LogP contribution in [-0.2, 0) is 9.53 Å². The van der Waals surface area contributed by atoms with E-state index in [1.54, 1.807) is 20.8 Å². The maximum absolute atomic E-state index is 11.8. The van der Waals surface area contributed by atoms with Gasteiger partial charge >= 0.3 is 6.09 Å². The first-order chi connectivity index (χ1) is 11.3. The third-order valence-electron chi connectivity index (χ3n) is 3.10. The molecule has 1 atom stereocenters. The lowest BCUT2D eigenvalue weighted by Crippen LogP contribution is -2.40. The number of rotatable bonds is 6. The molecule has 24 heavy (non-hydrogen) atoms. The van der Waals surface area contributed by atoms with Crippen LogP contribution in [-0.4, -0.2) is 30.7 Å². The van der Waals surface area contributed by atoms with Crippen LogP contribution in [0.5, 0.6) is 0 Å². The van der Waals surface area contributed by atoms with Crippen molar-refractivity contribution in [3.63, 3.8) is 0 Å². The van der Waals surface area contributed by atoms with Gasteiger partial charge in [0.1, 0.15) is 5.60 Å². The molecule has 5 heteroatoms. The molecule has 1 aromatic carbocycles. The molecule has 0 spiro atoms. The van der Waals surface area contributed by atoms with Crippen molar-refractivity contribution in [3.05, 3.63) is 35.9 Å². The average Bonchev–Trinajstić information content (AvgIpc) is 2.55. The highest BCUT2D eigenvalue weighted by Gasteiger charge is 2.17. The second-order valence-corrected chi connectivity index (χ2v) is 6.18. The number of benzene rings is 1. The predicted molar refractivity (Wildman–Crippen MR) is 98.1 cm³/mol. The van der Waals surface area contributed by atoms with Gasteiger partial charge in [0.05, 0.1) is 6.54 Å². The molecule has 0 radical (unpaired) electrons. The molecule has 0 fully saturated rings. The number of alkyl carbamates (subject to hydrolysis) is 1. The molecule has 5 nitrogen and oxygen atoms in total. The maximum atomic E-state index is 11.8. The van der Waals surface area contributed by atoms with Gasteiger partial charge < -0.3 is 15.4 Å². The van der Waals surface area contributed by atoms with Gasteiger partial charge in [0.15, 0.2) is 0 Å². The van der Waals surface area contributed by atoms with Crippen molar-refractivity contribution in [1.82, 2.24) is 10.6 Å². The molecular weight excluding hydrogens is 304 g/mol. The van der Waals surface area contributed by atoms with Gasteiger partial charge in [-0.05, 0) is 32.8 Å². The van der Waals surface area contributed by atoms with Crippen LogP contribution in [0.3, 0.4) is 0 Å². The fourth-order valence-corrected chi connectivity index (χ4v) is 1.99. The minimum absolute atomic E-state index is 0.0832. The van der Waals surface area contributed by atoms with Crippen molar-refractivity contribution in [3.8, 4) is 0 Å². The topological polar surface area (TPSA) is 67.4 Å². The summed E-state index contributed by atoms with van der Waals surface area (Å²) in [6.45, 7) is 11.9. The van der Waals surface area contributed by atoms with E-state index in [0.717, 1.165) is 6.42 Å². The summed E-state index contributed by atoms with van der Waals surface area (Å²) < 4.78 is 5.07. The number of amides is 2. The van der Waals surface area contributed by atoms with Gasteiger partial charge in [-0.25, -0.2) is 4.79 Å². The standard InChI is InChI=1S/C17H26N2O3.C2H6/c1-5-13(14-9-7-6-8-10-14)11-18-15(20)12-19-16(21)22-17(2,3)4;1-2/h6-10,13H,5,11-12H2,1-4H3,(H,18,20)(H,19,21);1-2H3. The zero-order valence-corrected chi connectivity index (χ0v) is 15.8. The number of hydrogen-bond donors (Lipinski definition) is 2. The summed E-state index contributed by atoms with van der Waals surface area (Å²) in [4.78, 5) is 23.2. The summed E-state index contributed by atoms with van der Waals surface area (Å²) in [5.74, 6) is 0.0481. The van der Waals surface area contributed by atoms with Crippen LogP contribution in [0, 0.1) is 0 Å². The van der Waals surface area contributed by atoms with Crippen molar-refractivity contribution >= 4 is 12.0 Å². The highest BCUT2D eigenvalue weighted by molar-refractivity contribution is 5.82. The molecule has 1 rings (SSSR count). The molecule has 0 aliphatic rings. The predicted octanol–water partition coefficient (Wildman–Crippen LogP) is 3.85. The van der Waals surface area contributed by atoms with Gasteiger partial charge in [0.2, 0.25) is 5.91 Å². The largest absolute Gasteiger partial charge is 0.444 e. The Hall–Kier alpha value is -2.04. The minimum atomic E-state index is -0.585. The van der Waals surface area contributed by atoms with E-state index >= 15 is 0 Å². The first-order valence-corrected chi connectivity index (χ1v) is 8.60. The summed E-state index contributed by atoms with van der Waals surface area (Å²) >= 11 is 0. The van der Waals surface area contributed by atoms with Gasteiger partial charge in [0, 0.05) is 12.5 Å². The summed E-state index contributed by atoms with van der Waals surface area (Å²) in [6, 6.07) is 10.1. The van der Waals surface area contributed by atoms with E-state index in [-0.39, 0.29) is 18.4 Å². The zero-order chi connectivity index (χ0) is 18.6. The lowest BCUT2D eigenvalue weighted by atomic mass is 9.96. The summed E-state index contributed by atoms with van der Waals surface area (Å²) in [5.41, 5.74) is 0.631. The zero-order valence-electron chi connectivity index (χ0n) is 15.8. The van der Waals surface area contributed by atoms with Gasteiger partial charge in [-0.15, -0.1) is 0 Å². The SMILES string of the molecule is CC.CCC(CNC(=O)CNC(=O)OC(C)(C)C)c1ccccc1.